The van der Waals surface area contributed by atoms with E-state index in [1.54, 1.807) is 35.1 Å². The van der Waals surface area contributed by atoms with Gasteiger partial charge in [-0.25, -0.2) is 4.98 Å². The number of hydrogen-bond acceptors (Lipinski definition) is 5. The van der Waals surface area contributed by atoms with Crippen LogP contribution in [0.3, 0.4) is 0 Å². The van der Waals surface area contributed by atoms with Gasteiger partial charge in [-0.3, -0.25) is 18.9 Å². The maximum atomic E-state index is 12.5. The van der Waals surface area contributed by atoms with E-state index in [2.05, 4.69) is 10.1 Å². The standard InChI is InChI=1S/C14H17N5O2/c1-17(2)11(12-5-4-6-21-12)8-19-9-15-13-10(14(19)20)7-16-18(13)3/h4-7,9,11H,8H2,1-3H3/t11-/m0/s1. The SMILES string of the molecule is CN(C)[C@@H](Cn1cnc2c(cnn2C)c1=O)c1ccco1. The summed E-state index contributed by atoms with van der Waals surface area (Å²) in [5.41, 5.74) is 0.502. The Morgan fingerprint density at radius 3 is 2.90 bits per heavy atom. The molecule has 0 aliphatic heterocycles. The second kappa shape index (κ2) is 5.17. The zero-order valence-electron chi connectivity index (χ0n) is 12.2. The summed E-state index contributed by atoms with van der Waals surface area (Å²) in [5, 5.41) is 4.60. The van der Waals surface area contributed by atoms with E-state index in [0.717, 1.165) is 5.76 Å². The van der Waals surface area contributed by atoms with Crippen LogP contribution in [0, 0.1) is 0 Å². The van der Waals surface area contributed by atoms with Crippen LogP contribution in [0.15, 0.2) is 40.1 Å². The quantitative estimate of drug-likeness (QED) is 0.716. The van der Waals surface area contributed by atoms with Crippen molar-refractivity contribution >= 4 is 11.0 Å². The molecule has 0 bridgehead atoms. The molecule has 3 heterocycles. The van der Waals surface area contributed by atoms with Crippen LogP contribution in [0.4, 0.5) is 0 Å². The Labute approximate surface area is 121 Å². The molecule has 1 atom stereocenters. The minimum atomic E-state index is -0.0912. The summed E-state index contributed by atoms with van der Waals surface area (Å²) in [6, 6.07) is 3.72. The predicted molar refractivity (Wildman–Crippen MR) is 77.9 cm³/mol. The molecular weight excluding hydrogens is 270 g/mol. The molecule has 0 N–H and O–H groups in total. The van der Waals surface area contributed by atoms with Gasteiger partial charge in [0.15, 0.2) is 5.65 Å². The van der Waals surface area contributed by atoms with Gasteiger partial charge < -0.3 is 4.42 Å². The van der Waals surface area contributed by atoms with Crippen LogP contribution in [0.5, 0.6) is 0 Å². The van der Waals surface area contributed by atoms with E-state index in [1.807, 2.05) is 31.1 Å². The molecule has 110 valence electrons. The zero-order chi connectivity index (χ0) is 15.0. The Morgan fingerprint density at radius 2 is 2.24 bits per heavy atom. The van der Waals surface area contributed by atoms with Crippen molar-refractivity contribution in [1.29, 1.82) is 0 Å². The van der Waals surface area contributed by atoms with Gasteiger partial charge in [0.1, 0.15) is 17.5 Å². The molecule has 0 amide bonds. The number of fused-ring (bicyclic) bond motifs is 1. The van der Waals surface area contributed by atoms with Crippen LogP contribution >= 0.6 is 0 Å². The lowest BCUT2D eigenvalue weighted by Crippen LogP contribution is -2.30. The van der Waals surface area contributed by atoms with E-state index < -0.39 is 0 Å². The molecular formula is C14H17N5O2. The maximum absolute atomic E-state index is 12.5. The third-order valence-corrected chi connectivity index (χ3v) is 3.58. The monoisotopic (exact) mass is 287 g/mol. The summed E-state index contributed by atoms with van der Waals surface area (Å²) < 4.78 is 8.66. The molecule has 0 saturated heterocycles. The van der Waals surface area contributed by atoms with Crippen molar-refractivity contribution in [2.75, 3.05) is 14.1 Å². The van der Waals surface area contributed by atoms with Crippen LogP contribution in [0.1, 0.15) is 11.8 Å². The maximum Gasteiger partial charge on any atom is 0.264 e. The molecule has 0 aliphatic rings. The first-order chi connectivity index (χ1) is 10.1. The third kappa shape index (κ3) is 2.36. The summed E-state index contributed by atoms with van der Waals surface area (Å²) in [6.45, 7) is 0.469. The van der Waals surface area contributed by atoms with Crippen molar-refractivity contribution in [2.45, 2.75) is 12.6 Å². The fourth-order valence-electron chi connectivity index (χ4n) is 2.37. The zero-order valence-corrected chi connectivity index (χ0v) is 12.2. The molecule has 21 heavy (non-hydrogen) atoms. The average Bonchev–Trinajstić information content (AvgIpc) is 3.08. The van der Waals surface area contributed by atoms with Crippen molar-refractivity contribution in [3.05, 3.63) is 47.0 Å². The molecule has 7 heteroatoms. The molecule has 0 aromatic carbocycles. The molecule has 0 aliphatic carbocycles. The largest absolute Gasteiger partial charge is 0.468 e. The highest BCUT2D eigenvalue weighted by molar-refractivity contribution is 5.72. The first kappa shape index (κ1) is 13.6. The second-order valence-corrected chi connectivity index (χ2v) is 5.20. The van der Waals surface area contributed by atoms with Crippen LogP contribution in [-0.4, -0.2) is 38.3 Å². The number of furan rings is 1. The van der Waals surface area contributed by atoms with E-state index in [4.69, 9.17) is 4.42 Å². The lowest BCUT2D eigenvalue weighted by Gasteiger charge is -2.22. The summed E-state index contributed by atoms with van der Waals surface area (Å²) in [6.07, 6.45) is 4.75. The molecule has 0 fully saturated rings. The van der Waals surface area contributed by atoms with Crippen LogP contribution < -0.4 is 5.56 Å². The number of aryl methyl sites for hydroxylation is 1. The van der Waals surface area contributed by atoms with Gasteiger partial charge in [0.2, 0.25) is 0 Å². The van der Waals surface area contributed by atoms with Gasteiger partial charge in [0, 0.05) is 13.6 Å². The predicted octanol–water partition coefficient (Wildman–Crippen LogP) is 1.03. The second-order valence-electron chi connectivity index (χ2n) is 5.20. The van der Waals surface area contributed by atoms with Crippen LogP contribution in [-0.2, 0) is 13.6 Å². The highest BCUT2D eigenvalue weighted by Crippen LogP contribution is 2.20. The summed E-state index contributed by atoms with van der Waals surface area (Å²) in [7, 11) is 5.67. The first-order valence-corrected chi connectivity index (χ1v) is 6.65. The summed E-state index contributed by atoms with van der Waals surface area (Å²) >= 11 is 0. The highest BCUT2D eigenvalue weighted by Gasteiger charge is 2.19. The summed E-state index contributed by atoms with van der Waals surface area (Å²) in [4.78, 5) is 18.8. The van der Waals surface area contributed by atoms with Gasteiger partial charge >= 0.3 is 0 Å². The van der Waals surface area contributed by atoms with Crippen molar-refractivity contribution in [1.82, 2.24) is 24.2 Å². The minimum Gasteiger partial charge on any atom is -0.468 e. The van der Waals surface area contributed by atoms with Gasteiger partial charge in [0.05, 0.1) is 18.5 Å². The molecule has 3 aromatic heterocycles. The van der Waals surface area contributed by atoms with Crippen molar-refractivity contribution < 1.29 is 4.42 Å². The van der Waals surface area contributed by atoms with Gasteiger partial charge in [-0.2, -0.15) is 5.10 Å². The Bertz CT molecular complexity index is 800. The molecule has 3 rings (SSSR count). The van der Waals surface area contributed by atoms with Crippen LogP contribution in [0.2, 0.25) is 0 Å². The Morgan fingerprint density at radius 1 is 1.43 bits per heavy atom. The van der Waals surface area contributed by atoms with E-state index >= 15 is 0 Å². The Balaban J connectivity index is 2.00. The van der Waals surface area contributed by atoms with Gasteiger partial charge in [0.25, 0.3) is 5.56 Å². The van der Waals surface area contributed by atoms with Gasteiger partial charge in [-0.1, -0.05) is 0 Å². The molecule has 0 unspecified atom stereocenters. The lowest BCUT2D eigenvalue weighted by atomic mass is 10.2. The van der Waals surface area contributed by atoms with E-state index in [9.17, 15) is 4.79 Å². The number of rotatable bonds is 4. The van der Waals surface area contributed by atoms with Crippen LogP contribution in [0.25, 0.3) is 11.0 Å². The van der Waals surface area contributed by atoms with E-state index in [-0.39, 0.29) is 11.6 Å². The minimum absolute atomic E-state index is 0.0337. The molecule has 7 nitrogen and oxygen atoms in total. The average molecular weight is 287 g/mol. The Kier molecular flexibility index (Phi) is 3.34. The number of hydrogen-bond donors (Lipinski definition) is 0. The third-order valence-electron chi connectivity index (χ3n) is 3.58. The topological polar surface area (TPSA) is 69.1 Å². The van der Waals surface area contributed by atoms with Crippen molar-refractivity contribution in [3.63, 3.8) is 0 Å². The molecule has 0 spiro atoms. The number of likely N-dealkylation sites (N-methyl/N-ethyl adjacent to an activating group) is 1. The highest BCUT2D eigenvalue weighted by atomic mass is 16.3. The van der Waals surface area contributed by atoms with E-state index in [0.29, 0.717) is 17.6 Å². The Hall–Kier alpha value is -2.41. The number of nitrogens with zero attached hydrogens (tertiary/aromatic N) is 5. The number of aromatic nitrogens is 4. The fourth-order valence-corrected chi connectivity index (χ4v) is 2.37. The summed E-state index contributed by atoms with van der Waals surface area (Å²) in [5.74, 6) is 0.818. The molecule has 3 aromatic rings. The van der Waals surface area contributed by atoms with Crippen molar-refractivity contribution in [3.8, 4) is 0 Å². The first-order valence-electron chi connectivity index (χ1n) is 6.65. The molecule has 0 saturated carbocycles. The van der Waals surface area contributed by atoms with E-state index in [1.165, 1.54) is 0 Å². The normalized spacial score (nSPS) is 13.1. The van der Waals surface area contributed by atoms with Gasteiger partial charge in [-0.05, 0) is 26.2 Å². The fraction of sp³-hybridized carbons (Fsp3) is 0.357. The molecule has 0 radical (unpaired) electrons. The van der Waals surface area contributed by atoms with Crippen molar-refractivity contribution in [2.24, 2.45) is 7.05 Å². The van der Waals surface area contributed by atoms with Gasteiger partial charge in [-0.15, -0.1) is 0 Å². The smallest absolute Gasteiger partial charge is 0.264 e. The lowest BCUT2D eigenvalue weighted by molar-refractivity contribution is 0.230.